The van der Waals surface area contributed by atoms with Crippen LogP contribution >= 0.6 is 23.4 Å². The molecule has 26 heavy (non-hydrogen) atoms. The summed E-state index contributed by atoms with van der Waals surface area (Å²) < 4.78 is 5.60. The van der Waals surface area contributed by atoms with Crippen molar-refractivity contribution in [2.24, 2.45) is 0 Å². The average molecular weight is 395 g/mol. The third kappa shape index (κ3) is 4.92. The Kier molecular flexibility index (Phi) is 6.43. The first-order chi connectivity index (χ1) is 12.5. The number of piperidine rings is 1. The third-order valence-electron chi connectivity index (χ3n) is 4.54. The van der Waals surface area contributed by atoms with E-state index in [9.17, 15) is 4.79 Å². The van der Waals surface area contributed by atoms with Crippen LogP contribution in [0, 0.1) is 0 Å². The maximum Gasteiger partial charge on any atom is 0.277 e. The van der Waals surface area contributed by atoms with Crippen molar-refractivity contribution in [2.75, 3.05) is 11.1 Å². The Morgan fingerprint density at radius 1 is 1.27 bits per heavy atom. The summed E-state index contributed by atoms with van der Waals surface area (Å²) in [6.07, 6.45) is 3.33. The van der Waals surface area contributed by atoms with Gasteiger partial charge < -0.3 is 14.6 Å². The van der Waals surface area contributed by atoms with E-state index in [2.05, 4.69) is 29.4 Å². The average Bonchev–Trinajstić information content (AvgIpc) is 3.07. The van der Waals surface area contributed by atoms with Gasteiger partial charge in [0.05, 0.1) is 12.3 Å². The second-order valence-electron chi connectivity index (χ2n) is 6.54. The third-order valence-corrected chi connectivity index (χ3v) is 5.59. The number of rotatable bonds is 6. The molecule has 2 aromatic rings. The van der Waals surface area contributed by atoms with Gasteiger partial charge in [0, 0.05) is 22.8 Å². The van der Waals surface area contributed by atoms with Crippen LogP contribution in [0.4, 0.5) is 5.69 Å². The first-order valence-corrected chi connectivity index (χ1v) is 10.1. The largest absolute Gasteiger partial charge is 0.414 e. The fraction of sp³-hybridized carbons (Fsp3) is 0.500. The Bertz CT molecular complexity index is 727. The van der Waals surface area contributed by atoms with Crippen LogP contribution in [0.15, 0.2) is 33.9 Å². The summed E-state index contributed by atoms with van der Waals surface area (Å²) in [5.41, 5.74) is 0.921. The second-order valence-corrected chi connectivity index (χ2v) is 7.90. The summed E-state index contributed by atoms with van der Waals surface area (Å²) in [7, 11) is 0. The highest BCUT2D eigenvalue weighted by molar-refractivity contribution is 7.99. The molecule has 0 aliphatic carbocycles. The molecule has 1 aliphatic rings. The summed E-state index contributed by atoms with van der Waals surface area (Å²) >= 11 is 7.16. The van der Waals surface area contributed by atoms with Crippen LogP contribution in [-0.4, -0.2) is 38.8 Å². The van der Waals surface area contributed by atoms with Gasteiger partial charge in [-0.2, -0.15) is 0 Å². The zero-order chi connectivity index (χ0) is 18.5. The Morgan fingerprint density at radius 3 is 2.65 bits per heavy atom. The number of nitrogens with one attached hydrogen (secondary N) is 1. The minimum absolute atomic E-state index is 0.133. The van der Waals surface area contributed by atoms with Crippen molar-refractivity contribution >= 4 is 35.0 Å². The molecular weight excluding hydrogens is 372 g/mol. The van der Waals surface area contributed by atoms with E-state index in [-0.39, 0.29) is 5.91 Å². The quantitative estimate of drug-likeness (QED) is 0.739. The van der Waals surface area contributed by atoms with Gasteiger partial charge >= 0.3 is 0 Å². The standard InChI is InChI=1S/C18H23ClN4O2S/c1-12-4-3-5-13(2)23(12)17(24)11-26-18-22-21-16(25-18)10-20-15-8-6-14(19)7-9-15/h6-9,12-13,20H,3-5,10-11H2,1-2H3/t12-,13-/m0/s1. The Hall–Kier alpha value is -1.73. The lowest BCUT2D eigenvalue weighted by Crippen LogP contribution is -2.48. The Labute approximate surface area is 162 Å². The lowest BCUT2D eigenvalue weighted by Gasteiger charge is -2.39. The smallest absolute Gasteiger partial charge is 0.277 e. The summed E-state index contributed by atoms with van der Waals surface area (Å²) in [6, 6.07) is 7.99. The summed E-state index contributed by atoms with van der Waals surface area (Å²) in [4.78, 5) is 14.5. The molecule has 0 bridgehead atoms. The van der Waals surface area contributed by atoms with Gasteiger partial charge in [-0.05, 0) is 57.4 Å². The zero-order valence-corrected chi connectivity index (χ0v) is 16.5. The molecule has 1 N–H and O–H groups in total. The minimum Gasteiger partial charge on any atom is -0.414 e. The summed E-state index contributed by atoms with van der Waals surface area (Å²) in [5, 5.41) is 12.3. The topological polar surface area (TPSA) is 71.3 Å². The van der Waals surface area contributed by atoms with E-state index in [4.69, 9.17) is 16.0 Å². The van der Waals surface area contributed by atoms with Crippen LogP contribution in [0.2, 0.25) is 5.02 Å². The molecule has 8 heteroatoms. The fourth-order valence-electron chi connectivity index (χ4n) is 3.22. The molecule has 140 valence electrons. The van der Waals surface area contributed by atoms with E-state index in [0.29, 0.717) is 40.5 Å². The van der Waals surface area contributed by atoms with Crippen LogP contribution in [0.3, 0.4) is 0 Å². The Morgan fingerprint density at radius 2 is 1.96 bits per heavy atom. The van der Waals surface area contributed by atoms with Gasteiger partial charge in [-0.1, -0.05) is 23.4 Å². The lowest BCUT2D eigenvalue weighted by molar-refractivity contribution is -0.134. The summed E-state index contributed by atoms with van der Waals surface area (Å²) in [6.45, 7) is 4.65. The number of nitrogens with zero attached hydrogens (tertiary/aromatic N) is 3. The zero-order valence-electron chi connectivity index (χ0n) is 14.9. The number of carbonyl (C=O) groups is 1. The van der Waals surface area contributed by atoms with Crippen molar-refractivity contribution < 1.29 is 9.21 Å². The molecule has 1 amide bonds. The van der Waals surface area contributed by atoms with E-state index in [1.165, 1.54) is 18.2 Å². The SMILES string of the molecule is C[C@H]1CCC[C@H](C)N1C(=O)CSc1nnc(CNc2ccc(Cl)cc2)o1. The first kappa shape index (κ1) is 19.0. The molecule has 0 radical (unpaired) electrons. The highest BCUT2D eigenvalue weighted by Gasteiger charge is 2.29. The molecule has 0 spiro atoms. The maximum absolute atomic E-state index is 12.5. The number of aromatic nitrogens is 2. The van der Waals surface area contributed by atoms with Crippen molar-refractivity contribution in [2.45, 2.75) is 57.0 Å². The molecule has 1 aromatic heterocycles. The van der Waals surface area contributed by atoms with Crippen LogP contribution in [-0.2, 0) is 11.3 Å². The molecule has 2 heterocycles. The van der Waals surface area contributed by atoms with Crippen molar-refractivity contribution in [1.82, 2.24) is 15.1 Å². The van der Waals surface area contributed by atoms with Crippen molar-refractivity contribution in [3.63, 3.8) is 0 Å². The number of benzene rings is 1. The molecule has 1 fully saturated rings. The van der Waals surface area contributed by atoms with E-state index >= 15 is 0 Å². The monoisotopic (exact) mass is 394 g/mol. The van der Waals surface area contributed by atoms with Crippen molar-refractivity contribution in [1.29, 1.82) is 0 Å². The van der Waals surface area contributed by atoms with Gasteiger partial charge in [-0.15, -0.1) is 10.2 Å². The van der Waals surface area contributed by atoms with Gasteiger partial charge in [-0.3, -0.25) is 4.79 Å². The molecule has 6 nitrogen and oxygen atoms in total. The van der Waals surface area contributed by atoms with Gasteiger partial charge in [-0.25, -0.2) is 0 Å². The van der Waals surface area contributed by atoms with Crippen LogP contribution in [0.5, 0.6) is 0 Å². The Balaban J connectivity index is 1.48. The first-order valence-electron chi connectivity index (χ1n) is 8.78. The fourth-order valence-corrected chi connectivity index (χ4v) is 4.00. The number of hydrogen-bond acceptors (Lipinski definition) is 6. The molecule has 0 unspecified atom stereocenters. The molecule has 1 aliphatic heterocycles. The predicted molar refractivity (Wildman–Crippen MR) is 103 cm³/mol. The highest BCUT2D eigenvalue weighted by Crippen LogP contribution is 2.25. The molecule has 1 aromatic carbocycles. The number of likely N-dealkylation sites (tertiary alicyclic amines) is 1. The number of amides is 1. The normalized spacial score (nSPS) is 20.2. The number of thioether (sulfide) groups is 1. The van der Waals surface area contributed by atoms with E-state index in [1.807, 2.05) is 29.2 Å². The predicted octanol–water partition coefficient (Wildman–Crippen LogP) is 4.22. The van der Waals surface area contributed by atoms with Crippen LogP contribution in [0.25, 0.3) is 0 Å². The van der Waals surface area contributed by atoms with Crippen molar-refractivity contribution in [3.05, 3.63) is 35.2 Å². The van der Waals surface area contributed by atoms with Crippen molar-refractivity contribution in [3.8, 4) is 0 Å². The van der Waals surface area contributed by atoms with Gasteiger partial charge in [0.2, 0.25) is 11.8 Å². The van der Waals surface area contributed by atoms with Crippen LogP contribution in [0.1, 0.15) is 39.0 Å². The second kappa shape index (κ2) is 8.77. The molecule has 3 rings (SSSR count). The molecule has 2 atom stereocenters. The van der Waals surface area contributed by atoms with E-state index < -0.39 is 0 Å². The summed E-state index contributed by atoms with van der Waals surface area (Å²) in [5.74, 6) is 0.935. The van der Waals surface area contributed by atoms with Crippen LogP contribution < -0.4 is 5.32 Å². The minimum atomic E-state index is 0.133. The highest BCUT2D eigenvalue weighted by atomic mass is 35.5. The number of hydrogen-bond donors (Lipinski definition) is 1. The van der Waals surface area contributed by atoms with E-state index in [0.717, 1.165) is 18.5 Å². The molecule has 1 saturated heterocycles. The number of carbonyl (C=O) groups excluding carboxylic acids is 1. The maximum atomic E-state index is 12.5. The number of anilines is 1. The van der Waals surface area contributed by atoms with Gasteiger partial charge in [0.1, 0.15) is 0 Å². The van der Waals surface area contributed by atoms with E-state index in [1.54, 1.807) is 0 Å². The molecular formula is C18H23ClN4O2S. The van der Waals surface area contributed by atoms with Gasteiger partial charge in [0.15, 0.2) is 0 Å². The number of halogens is 1. The molecule has 0 saturated carbocycles. The van der Waals surface area contributed by atoms with Gasteiger partial charge in [0.25, 0.3) is 5.22 Å². The lowest BCUT2D eigenvalue weighted by atomic mass is 9.98.